The Bertz CT molecular complexity index is 965. The van der Waals surface area contributed by atoms with E-state index >= 15 is 0 Å². The Kier molecular flexibility index (Phi) is 3.59. The van der Waals surface area contributed by atoms with Crippen LogP contribution < -0.4 is 5.32 Å². The molecule has 118 valence electrons. The fourth-order valence-electron chi connectivity index (χ4n) is 2.36. The summed E-state index contributed by atoms with van der Waals surface area (Å²) in [5.41, 5.74) is 2.43. The summed E-state index contributed by atoms with van der Waals surface area (Å²) in [5.74, 6) is 0.962. The lowest BCUT2D eigenvalue weighted by atomic mass is 10.2. The van der Waals surface area contributed by atoms with Gasteiger partial charge in [0.2, 0.25) is 0 Å². The highest BCUT2D eigenvalue weighted by Gasteiger charge is 2.10. The van der Waals surface area contributed by atoms with Gasteiger partial charge in [-0.15, -0.1) is 15.3 Å². The van der Waals surface area contributed by atoms with Gasteiger partial charge in [-0.25, -0.2) is 4.39 Å². The molecule has 4 aromatic rings. The molecular weight excluding hydrogens is 307 g/mol. The van der Waals surface area contributed by atoms with Gasteiger partial charge in [0.05, 0.1) is 0 Å². The molecule has 0 spiro atoms. The quantitative estimate of drug-likeness (QED) is 0.626. The fraction of sp³-hybridized carbons (Fsp3) is 0.0588. The Balaban J connectivity index is 1.64. The van der Waals surface area contributed by atoms with Crippen molar-refractivity contribution < 1.29 is 4.39 Å². The third-order valence-electron chi connectivity index (χ3n) is 3.56. The first kappa shape index (κ1) is 14.3. The standard InChI is InChI=1S/C17H13FN6/c18-14-5-3-13(4-6-14)17-22-21-16-8-7-15(23-24(16)17)20-11-12-2-1-9-19-10-12/h1-10H,11H2,(H,20,23). The SMILES string of the molecule is Fc1ccc(-c2nnc3ccc(NCc4cccnc4)nn23)cc1. The van der Waals surface area contributed by atoms with Gasteiger partial charge in [-0.2, -0.15) is 4.52 Å². The molecule has 0 aliphatic rings. The summed E-state index contributed by atoms with van der Waals surface area (Å²) in [4.78, 5) is 4.08. The molecule has 24 heavy (non-hydrogen) atoms. The Morgan fingerprint density at radius 1 is 1.00 bits per heavy atom. The fourth-order valence-corrected chi connectivity index (χ4v) is 2.36. The largest absolute Gasteiger partial charge is 0.364 e. The zero-order valence-corrected chi connectivity index (χ0v) is 12.6. The van der Waals surface area contributed by atoms with E-state index in [-0.39, 0.29) is 5.82 Å². The van der Waals surface area contributed by atoms with Crippen LogP contribution in [-0.4, -0.2) is 24.8 Å². The number of hydrogen-bond acceptors (Lipinski definition) is 5. The Hall–Kier alpha value is -3.35. The van der Waals surface area contributed by atoms with Gasteiger partial charge in [0.15, 0.2) is 11.5 Å². The summed E-state index contributed by atoms with van der Waals surface area (Å²) >= 11 is 0. The van der Waals surface area contributed by atoms with Gasteiger partial charge in [-0.3, -0.25) is 4.98 Å². The average Bonchev–Trinajstić information content (AvgIpc) is 3.05. The minimum atomic E-state index is -0.292. The number of benzene rings is 1. The molecule has 0 radical (unpaired) electrons. The van der Waals surface area contributed by atoms with Crippen LogP contribution in [-0.2, 0) is 6.54 Å². The lowest BCUT2D eigenvalue weighted by Gasteiger charge is -2.06. The maximum atomic E-state index is 13.1. The molecule has 0 saturated carbocycles. The van der Waals surface area contributed by atoms with Crippen molar-refractivity contribution in [2.75, 3.05) is 5.32 Å². The van der Waals surface area contributed by atoms with E-state index in [9.17, 15) is 4.39 Å². The van der Waals surface area contributed by atoms with Crippen LogP contribution in [0.25, 0.3) is 17.0 Å². The van der Waals surface area contributed by atoms with Crippen LogP contribution in [0.1, 0.15) is 5.56 Å². The monoisotopic (exact) mass is 320 g/mol. The van der Waals surface area contributed by atoms with Gasteiger partial charge < -0.3 is 5.32 Å². The van der Waals surface area contributed by atoms with Crippen LogP contribution in [0.5, 0.6) is 0 Å². The topological polar surface area (TPSA) is 68.0 Å². The third-order valence-corrected chi connectivity index (χ3v) is 3.56. The zero-order chi connectivity index (χ0) is 16.4. The maximum Gasteiger partial charge on any atom is 0.185 e. The molecule has 3 heterocycles. The molecule has 3 aromatic heterocycles. The smallest absolute Gasteiger partial charge is 0.185 e. The number of halogens is 1. The van der Waals surface area contributed by atoms with E-state index in [2.05, 4.69) is 25.6 Å². The maximum absolute atomic E-state index is 13.1. The third kappa shape index (κ3) is 2.79. The second-order valence-electron chi connectivity index (χ2n) is 5.23. The second kappa shape index (κ2) is 6.04. The zero-order valence-electron chi connectivity index (χ0n) is 12.6. The predicted molar refractivity (Wildman–Crippen MR) is 87.7 cm³/mol. The van der Waals surface area contributed by atoms with E-state index < -0.39 is 0 Å². The Morgan fingerprint density at radius 3 is 2.67 bits per heavy atom. The minimum absolute atomic E-state index is 0.292. The van der Waals surface area contributed by atoms with Gasteiger partial charge >= 0.3 is 0 Å². The molecule has 0 bridgehead atoms. The number of pyridine rings is 1. The number of hydrogen-bond donors (Lipinski definition) is 1. The van der Waals surface area contributed by atoms with E-state index in [4.69, 9.17) is 0 Å². The van der Waals surface area contributed by atoms with E-state index in [1.165, 1.54) is 12.1 Å². The molecule has 6 nitrogen and oxygen atoms in total. The molecule has 7 heteroatoms. The number of aromatic nitrogens is 5. The summed E-state index contributed by atoms with van der Waals surface area (Å²) in [6.45, 7) is 0.611. The van der Waals surface area contributed by atoms with Crippen LogP contribution in [0.15, 0.2) is 60.9 Å². The van der Waals surface area contributed by atoms with Crippen LogP contribution in [0.4, 0.5) is 10.2 Å². The molecule has 0 atom stereocenters. The number of nitrogens with zero attached hydrogens (tertiary/aromatic N) is 5. The van der Waals surface area contributed by atoms with Crippen molar-refractivity contribution in [2.45, 2.75) is 6.54 Å². The van der Waals surface area contributed by atoms with Gasteiger partial charge in [-0.1, -0.05) is 6.07 Å². The highest BCUT2D eigenvalue weighted by atomic mass is 19.1. The molecule has 0 fully saturated rings. The van der Waals surface area contributed by atoms with Gasteiger partial charge in [0.1, 0.15) is 11.6 Å². The van der Waals surface area contributed by atoms with Crippen molar-refractivity contribution in [2.24, 2.45) is 0 Å². The second-order valence-corrected chi connectivity index (χ2v) is 5.23. The summed E-state index contributed by atoms with van der Waals surface area (Å²) in [5, 5.41) is 16.0. The number of nitrogens with one attached hydrogen (secondary N) is 1. The predicted octanol–water partition coefficient (Wildman–Crippen LogP) is 2.94. The van der Waals surface area contributed by atoms with E-state index in [1.54, 1.807) is 29.0 Å². The van der Waals surface area contributed by atoms with Crippen molar-refractivity contribution in [3.8, 4) is 11.4 Å². The van der Waals surface area contributed by atoms with Crippen LogP contribution in [0.2, 0.25) is 0 Å². The molecule has 1 N–H and O–H groups in total. The van der Waals surface area contributed by atoms with E-state index in [1.807, 2.05) is 24.3 Å². The molecule has 4 rings (SSSR count). The molecule has 1 aromatic carbocycles. The van der Waals surface area contributed by atoms with Crippen LogP contribution >= 0.6 is 0 Å². The highest BCUT2D eigenvalue weighted by Crippen LogP contribution is 2.19. The van der Waals surface area contributed by atoms with Crippen molar-refractivity contribution in [3.63, 3.8) is 0 Å². The molecule has 0 saturated heterocycles. The van der Waals surface area contributed by atoms with Crippen molar-refractivity contribution >= 4 is 11.5 Å². The summed E-state index contributed by atoms with van der Waals surface area (Å²) < 4.78 is 14.7. The van der Waals surface area contributed by atoms with E-state index in [0.717, 1.165) is 11.1 Å². The van der Waals surface area contributed by atoms with Crippen LogP contribution in [0, 0.1) is 5.82 Å². The Morgan fingerprint density at radius 2 is 1.88 bits per heavy atom. The first-order valence-electron chi connectivity index (χ1n) is 7.41. The summed E-state index contributed by atoms with van der Waals surface area (Å²) in [7, 11) is 0. The number of fused-ring (bicyclic) bond motifs is 1. The van der Waals surface area contributed by atoms with Gasteiger partial charge in [-0.05, 0) is 48.0 Å². The van der Waals surface area contributed by atoms with Crippen LogP contribution in [0.3, 0.4) is 0 Å². The minimum Gasteiger partial charge on any atom is -0.364 e. The molecule has 0 aliphatic heterocycles. The molecule has 0 amide bonds. The van der Waals surface area contributed by atoms with E-state index in [0.29, 0.717) is 23.8 Å². The molecule has 0 unspecified atom stereocenters. The lowest BCUT2D eigenvalue weighted by molar-refractivity contribution is 0.628. The molecule has 0 aliphatic carbocycles. The number of rotatable bonds is 4. The summed E-state index contributed by atoms with van der Waals surface area (Å²) in [6, 6.07) is 13.6. The average molecular weight is 320 g/mol. The Labute approximate surface area is 137 Å². The van der Waals surface area contributed by atoms with Crippen molar-refractivity contribution in [1.82, 2.24) is 24.8 Å². The molecular formula is C17H13FN6. The summed E-state index contributed by atoms with van der Waals surface area (Å²) in [6.07, 6.45) is 3.54. The first-order valence-corrected chi connectivity index (χ1v) is 7.41. The van der Waals surface area contributed by atoms with Crippen molar-refractivity contribution in [3.05, 3.63) is 72.3 Å². The number of anilines is 1. The normalized spacial score (nSPS) is 10.9. The van der Waals surface area contributed by atoms with Crippen molar-refractivity contribution in [1.29, 1.82) is 0 Å². The first-order chi connectivity index (χ1) is 11.8. The highest BCUT2D eigenvalue weighted by molar-refractivity contribution is 5.59. The van der Waals surface area contributed by atoms with Gasteiger partial charge in [0.25, 0.3) is 0 Å². The van der Waals surface area contributed by atoms with Gasteiger partial charge in [0, 0.05) is 24.5 Å². The lowest BCUT2D eigenvalue weighted by Crippen LogP contribution is -2.05.